The van der Waals surface area contributed by atoms with Gasteiger partial charge in [-0.1, -0.05) is 0 Å². The van der Waals surface area contributed by atoms with Crippen LogP contribution in [0.5, 0.6) is 0 Å². The van der Waals surface area contributed by atoms with Crippen molar-refractivity contribution in [3.63, 3.8) is 0 Å². The molecule has 0 bridgehead atoms. The van der Waals surface area contributed by atoms with E-state index in [2.05, 4.69) is 66.0 Å². The summed E-state index contributed by atoms with van der Waals surface area (Å²) in [7, 11) is 3.35. The Kier molecular flexibility index (Phi) is 6.99. The number of nitrogens with zero attached hydrogens (tertiary/aromatic N) is 2. The Hall–Kier alpha value is -1.22. The van der Waals surface area contributed by atoms with Gasteiger partial charge in [-0.15, -0.1) is 0 Å². The molecule has 2 heterocycles. The molecule has 0 aliphatic carbocycles. The topological polar surface area (TPSA) is 83.1 Å². The van der Waals surface area contributed by atoms with Crippen LogP contribution >= 0.6 is 0 Å². The van der Waals surface area contributed by atoms with Gasteiger partial charge in [0, 0.05) is 34.2 Å². The summed E-state index contributed by atoms with van der Waals surface area (Å²) in [6, 6.07) is -0.189. The van der Waals surface area contributed by atoms with Gasteiger partial charge in [-0.2, -0.15) is 10.1 Å². The summed E-state index contributed by atoms with van der Waals surface area (Å²) < 4.78 is 0. The highest BCUT2D eigenvalue weighted by molar-refractivity contribution is 6.35. The fourth-order valence-electron chi connectivity index (χ4n) is 6.22. The monoisotopic (exact) mass is 426 g/mol. The second-order valence-electron chi connectivity index (χ2n) is 11.4. The van der Waals surface area contributed by atoms with Crippen LogP contribution in [-0.4, -0.2) is 70.4 Å². The average molecular weight is 427 g/mol. The largest absolute Gasteiger partial charge is 0.345 e. The highest BCUT2D eigenvalue weighted by Gasteiger charge is 2.48. The van der Waals surface area contributed by atoms with E-state index in [0.717, 1.165) is 0 Å². The second kappa shape index (κ2) is 8.37. The van der Waals surface area contributed by atoms with E-state index in [-0.39, 0.29) is 34.2 Å². The minimum absolute atomic E-state index is 0.0946. The zero-order chi connectivity index (χ0) is 23.1. The zero-order valence-electron chi connectivity index (χ0n) is 20.5. The molecule has 174 valence electrons. The molecule has 2 amide bonds. The summed E-state index contributed by atoms with van der Waals surface area (Å²) in [5, 5.41) is 9.88. The summed E-state index contributed by atoms with van der Waals surface area (Å²) in [5.41, 5.74) is -1.03. The molecule has 2 fully saturated rings. The van der Waals surface area contributed by atoms with Gasteiger partial charge in [0.1, 0.15) is 0 Å². The molecule has 0 unspecified atom stereocenters. The lowest BCUT2D eigenvalue weighted by Gasteiger charge is -2.53. The molecular formula is C22H42N4O4. The maximum Gasteiger partial charge on any atom is 0.309 e. The Morgan fingerprint density at radius 3 is 1.07 bits per heavy atom. The van der Waals surface area contributed by atoms with Crippen molar-refractivity contribution in [1.82, 2.24) is 20.8 Å². The Balaban J connectivity index is 2.01. The van der Waals surface area contributed by atoms with Gasteiger partial charge in [-0.3, -0.25) is 9.59 Å². The lowest BCUT2D eigenvalue weighted by atomic mass is 9.78. The first-order valence-electron chi connectivity index (χ1n) is 10.9. The van der Waals surface area contributed by atoms with Gasteiger partial charge >= 0.3 is 11.8 Å². The number of carbonyl (C=O) groups is 2. The van der Waals surface area contributed by atoms with E-state index < -0.39 is 11.8 Å². The number of hydrogen-bond donors (Lipinski definition) is 2. The molecule has 8 nitrogen and oxygen atoms in total. The van der Waals surface area contributed by atoms with Crippen LogP contribution < -0.4 is 10.6 Å². The number of hydroxylamine groups is 4. The van der Waals surface area contributed by atoms with E-state index in [0.29, 0.717) is 25.7 Å². The maximum atomic E-state index is 12.7. The van der Waals surface area contributed by atoms with Gasteiger partial charge in [-0.05, 0) is 81.1 Å². The third-order valence-electron chi connectivity index (χ3n) is 6.42. The first-order chi connectivity index (χ1) is 13.6. The van der Waals surface area contributed by atoms with E-state index in [4.69, 9.17) is 9.68 Å². The van der Waals surface area contributed by atoms with Crippen molar-refractivity contribution in [3.05, 3.63) is 0 Å². The van der Waals surface area contributed by atoms with Gasteiger partial charge < -0.3 is 20.3 Å². The second-order valence-corrected chi connectivity index (χ2v) is 11.4. The lowest BCUT2D eigenvalue weighted by Crippen LogP contribution is -2.65. The Morgan fingerprint density at radius 2 is 0.867 bits per heavy atom. The fourth-order valence-corrected chi connectivity index (χ4v) is 6.22. The molecule has 2 aliphatic rings. The van der Waals surface area contributed by atoms with Crippen molar-refractivity contribution in [3.8, 4) is 0 Å². The van der Waals surface area contributed by atoms with Gasteiger partial charge in [-0.25, -0.2) is 0 Å². The van der Waals surface area contributed by atoms with Crippen molar-refractivity contribution in [2.45, 2.75) is 115 Å². The molecule has 30 heavy (non-hydrogen) atoms. The fraction of sp³-hybridized carbons (Fsp3) is 0.909. The van der Waals surface area contributed by atoms with E-state index >= 15 is 0 Å². The Labute approximate surface area is 181 Å². The van der Waals surface area contributed by atoms with Crippen LogP contribution in [0.25, 0.3) is 0 Å². The number of nitrogens with one attached hydrogen (secondary N) is 2. The number of rotatable bonds is 4. The first kappa shape index (κ1) is 25.0. The van der Waals surface area contributed by atoms with Crippen molar-refractivity contribution in [2.75, 3.05) is 14.2 Å². The molecule has 0 aromatic carbocycles. The van der Waals surface area contributed by atoms with Crippen LogP contribution in [0, 0.1) is 0 Å². The first-order valence-corrected chi connectivity index (χ1v) is 10.9. The van der Waals surface area contributed by atoms with Crippen molar-refractivity contribution in [1.29, 1.82) is 0 Å². The van der Waals surface area contributed by atoms with Crippen molar-refractivity contribution >= 4 is 11.8 Å². The normalized spacial score (nSPS) is 26.9. The quantitative estimate of drug-likeness (QED) is 0.672. The van der Waals surface area contributed by atoms with E-state index in [9.17, 15) is 9.59 Å². The summed E-state index contributed by atoms with van der Waals surface area (Å²) >= 11 is 0. The SMILES string of the molecule is CON1C(C)(C)CC(NC(=O)C(=O)NC2CC(C)(C)N(OC)C(C)(C)C2)CC1(C)C. The van der Waals surface area contributed by atoms with Crippen LogP contribution in [0.1, 0.15) is 81.1 Å². The van der Waals surface area contributed by atoms with Crippen LogP contribution in [0.3, 0.4) is 0 Å². The standard InChI is InChI=1S/C22H42N4O4/c1-19(2)11-15(12-20(3,4)25(19)29-9)23-17(27)18(28)24-16-13-21(5,6)26(30-10)22(7,8)14-16/h15-16H,11-14H2,1-10H3,(H,23,27)(H,24,28). The molecule has 2 rings (SSSR count). The molecule has 2 saturated heterocycles. The molecule has 8 heteroatoms. The number of amides is 2. The minimum Gasteiger partial charge on any atom is -0.345 e. The smallest absolute Gasteiger partial charge is 0.309 e. The third kappa shape index (κ3) is 5.15. The van der Waals surface area contributed by atoms with Crippen molar-refractivity contribution < 1.29 is 19.3 Å². The highest BCUT2D eigenvalue weighted by Crippen LogP contribution is 2.39. The molecule has 2 N–H and O–H groups in total. The predicted octanol–water partition coefficient (Wildman–Crippen LogP) is 2.38. The molecular weight excluding hydrogens is 384 g/mol. The maximum absolute atomic E-state index is 12.7. The summed E-state index contributed by atoms with van der Waals surface area (Å²) in [6.07, 6.45) is 2.82. The molecule has 0 aromatic rings. The number of piperidine rings is 2. The lowest BCUT2D eigenvalue weighted by molar-refractivity contribution is -0.267. The van der Waals surface area contributed by atoms with Crippen molar-refractivity contribution in [2.24, 2.45) is 0 Å². The molecule has 2 aliphatic heterocycles. The molecule has 0 aromatic heterocycles. The number of carbonyl (C=O) groups excluding carboxylic acids is 2. The zero-order valence-corrected chi connectivity index (χ0v) is 20.5. The molecule has 0 saturated carbocycles. The highest BCUT2D eigenvalue weighted by atomic mass is 16.7. The average Bonchev–Trinajstić information content (AvgIpc) is 2.50. The van der Waals surface area contributed by atoms with Crippen LogP contribution in [0.15, 0.2) is 0 Å². The van der Waals surface area contributed by atoms with Gasteiger partial charge in [0.05, 0.1) is 14.2 Å². The van der Waals surface area contributed by atoms with Crippen LogP contribution in [0.2, 0.25) is 0 Å². The molecule has 0 spiro atoms. The van der Waals surface area contributed by atoms with Crippen LogP contribution in [0.4, 0.5) is 0 Å². The number of hydrogen-bond acceptors (Lipinski definition) is 6. The predicted molar refractivity (Wildman–Crippen MR) is 116 cm³/mol. The van der Waals surface area contributed by atoms with E-state index in [1.54, 1.807) is 14.2 Å². The summed E-state index contributed by atoms with van der Waals surface area (Å²) in [5.74, 6) is -1.13. The third-order valence-corrected chi connectivity index (χ3v) is 6.42. The molecule has 0 radical (unpaired) electrons. The minimum atomic E-state index is -0.567. The summed E-state index contributed by atoms with van der Waals surface area (Å²) in [6.45, 7) is 16.7. The Morgan fingerprint density at radius 1 is 0.633 bits per heavy atom. The summed E-state index contributed by atoms with van der Waals surface area (Å²) in [4.78, 5) is 36.6. The van der Waals surface area contributed by atoms with Gasteiger partial charge in [0.2, 0.25) is 0 Å². The van der Waals surface area contributed by atoms with E-state index in [1.165, 1.54) is 0 Å². The van der Waals surface area contributed by atoms with E-state index in [1.807, 2.05) is 10.1 Å². The van der Waals surface area contributed by atoms with Gasteiger partial charge in [0.25, 0.3) is 0 Å². The van der Waals surface area contributed by atoms with Gasteiger partial charge in [0.15, 0.2) is 0 Å². The molecule has 0 atom stereocenters. The van der Waals surface area contributed by atoms with Crippen LogP contribution in [-0.2, 0) is 19.3 Å². The Bertz CT molecular complexity index is 568.